The van der Waals surface area contributed by atoms with Crippen LogP contribution in [0.15, 0.2) is 93.7 Å². The number of allylic oxidation sites excluding steroid dienone is 4. The van der Waals surface area contributed by atoms with Gasteiger partial charge in [0.2, 0.25) is 0 Å². The second-order valence-electron chi connectivity index (χ2n) is 14.9. The Morgan fingerprint density at radius 3 is 2.06 bits per heavy atom. The first-order chi connectivity index (χ1) is 22.2. The van der Waals surface area contributed by atoms with Gasteiger partial charge in [-0.1, -0.05) is 91.7 Å². The number of hydrogen-bond donors (Lipinski definition) is 1. The van der Waals surface area contributed by atoms with Gasteiger partial charge in [-0.2, -0.15) is 0 Å². The van der Waals surface area contributed by atoms with Crippen molar-refractivity contribution in [3.8, 4) is 5.75 Å². The molecule has 0 radical (unpaired) electrons. The smallest absolute Gasteiger partial charge is 0.262 e. The molecule has 244 valence electrons. The lowest BCUT2D eigenvalue weighted by molar-refractivity contribution is -0.120. The van der Waals surface area contributed by atoms with Crippen molar-refractivity contribution < 1.29 is 19.1 Å². The second-order valence-corrected chi connectivity index (χ2v) is 15.9. The summed E-state index contributed by atoms with van der Waals surface area (Å²) in [6, 6.07) is 21.8. The van der Waals surface area contributed by atoms with Gasteiger partial charge >= 0.3 is 0 Å². The highest BCUT2D eigenvalue weighted by molar-refractivity contribution is 9.10. The van der Waals surface area contributed by atoms with E-state index in [4.69, 9.17) is 4.74 Å². The molecule has 0 unspecified atom stereocenters. The summed E-state index contributed by atoms with van der Waals surface area (Å²) in [5.74, 6) is -0.271. The van der Waals surface area contributed by atoms with Gasteiger partial charge in [-0.3, -0.25) is 14.4 Å². The molecule has 0 atom stereocenters. The van der Waals surface area contributed by atoms with Gasteiger partial charge in [0.25, 0.3) is 5.91 Å². The number of amides is 1. The molecule has 7 heteroatoms. The standard InChI is InChI=1S/C40H43BrN2O4/c1-24-12-14-29(25(2)16-24)42-35(46)23-47-34-15-13-27(41)17-28(34)36-37-30(18-39(3,4)20-32(37)44)43(22-26-10-8-7-9-11-26)31-19-40(5,6)21-33(45)38(31)36/h7-17,36H,18-23H2,1-6H3,(H,42,46). The third-order valence-corrected chi connectivity index (χ3v) is 10.00. The van der Waals surface area contributed by atoms with Gasteiger partial charge in [0, 0.05) is 63.6 Å². The van der Waals surface area contributed by atoms with Crippen LogP contribution in [0.3, 0.4) is 0 Å². The molecule has 1 heterocycles. The van der Waals surface area contributed by atoms with Crippen LogP contribution >= 0.6 is 15.9 Å². The Morgan fingerprint density at radius 2 is 1.47 bits per heavy atom. The zero-order valence-electron chi connectivity index (χ0n) is 28.1. The van der Waals surface area contributed by atoms with E-state index in [1.807, 2.05) is 68.4 Å². The third kappa shape index (κ3) is 6.87. The highest BCUT2D eigenvalue weighted by Gasteiger charge is 2.49. The third-order valence-electron chi connectivity index (χ3n) is 9.50. The van der Waals surface area contributed by atoms with E-state index in [9.17, 15) is 14.4 Å². The largest absolute Gasteiger partial charge is 0.483 e. The number of Topliss-reactive ketones (excluding diaryl/α,β-unsaturated/α-hetero) is 2. The molecule has 0 bridgehead atoms. The Balaban J connectivity index is 1.45. The van der Waals surface area contributed by atoms with Crippen molar-refractivity contribution in [3.63, 3.8) is 0 Å². The topological polar surface area (TPSA) is 75.7 Å². The number of ketones is 2. The number of nitrogens with zero attached hydrogens (tertiary/aromatic N) is 1. The molecule has 6 nitrogen and oxygen atoms in total. The molecule has 0 aromatic heterocycles. The summed E-state index contributed by atoms with van der Waals surface area (Å²) >= 11 is 3.65. The van der Waals surface area contributed by atoms with Gasteiger partial charge in [0.15, 0.2) is 18.2 Å². The van der Waals surface area contributed by atoms with Gasteiger partial charge in [0.05, 0.1) is 0 Å². The Bertz CT molecular complexity index is 1780. The normalized spacial score (nSPS) is 19.0. The maximum absolute atomic E-state index is 14.3. The van der Waals surface area contributed by atoms with Crippen LogP contribution in [0.5, 0.6) is 5.75 Å². The Labute approximate surface area is 286 Å². The SMILES string of the molecule is Cc1ccc(NC(=O)COc2ccc(Br)cc2C2C3=C(CC(C)(C)CC3=O)N(Cc3ccccc3)C3=C2C(=O)CC(C)(C)C3)c(C)c1. The number of carbonyl (C=O) groups is 3. The lowest BCUT2D eigenvalue weighted by Gasteiger charge is -2.49. The summed E-state index contributed by atoms with van der Waals surface area (Å²) in [6.45, 7) is 12.9. The minimum absolute atomic E-state index is 0.0574. The van der Waals surface area contributed by atoms with Crippen LogP contribution < -0.4 is 10.1 Å². The number of carbonyl (C=O) groups excluding carboxylic acids is 3. The first-order valence-electron chi connectivity index (χ1n) is 16.3. The van der Waals surface area contributed by atoms with Gasteiger partial charge in [-0.25, -0.2) is 0 Å². The maximum Gasteiger partial charge on any atom is 0.262 e. The van der Waals surface area contributed by atoms with E-state index in [0.29, 0.717) is 49.1 Å². The highest BCUT2D eigenvalue weighted by Crippen LogP contribution is 2.56. The monoisotopic (exact) mass is 694 g/mol. The van der Waals surface area contributed by atoms with Gasteiger partial charge < -0.3 is 15.0 Å². The van der Waals surface area contributed by atoms with Crippen molar-refractivity contribution in [2.24, 2.45) is 10.8 Å². The summed E-state index contributed by atoms with van der Waals surface area (Å²) in [7, 11) is 0. The number of benzene rings is 3. The lowest BCUT2D eigenvalue weighted by Crippen LogP contribution is -2.44. The first kappa shape index (κ1) is 33.0. The molecule has 3 aliphatic rings. The molecule has 1 amide bonds. The van der Waals surface area contributed by atoms with Crippen LogP contribution in [0.1, 0.15) is 81.5 Å². The second kappa shape index (κ2) is 12.6. The number of halogens is 1. The number of hydrogen-bond acceptors (Lipinski definition) is 5. The summed E-state index contributed by atoms with van der Waals surface area (Å²) in [4.78, 5) is 44.0. The molecule has 6 rings (SSSR count). The van der Waals surface area contributed by atoms with E-state index in [1.54, 1.807) is 0 Å². The van der Waals surface area contributed by atoms with Crippen LogP contribution in [0.25, 0.3) is 0 Å². The number of aryl methyl sites for hydroxylation is 2. The quantitative estimate of drug-likeness (QED) is 0.267. The van der Waals surface area contributed by atoms with Gasteiger partial charge in [0.1, 0.15) is 5.75 Å². The fourth-order valence-corrected chi connectivity index (χ4v) is 7.85. The van der Waals surface area contributed by atoms with Crippen molar-refractivity contribution in [2.75, 3.05) is 11.9 Å². The molecule has 2 aliphatic carbocycles. The Kier molecular flexibility index (Phi) is 8.81. The molecule has 1 N–H and O–H groups in total. The molecular formula is C40H43BrN2O4. The Morgan fingerprint density at radius 1 is 0.851 bits per heavy atom. The minimum Gasteiger partial charge on any atom is -0.483 e. The van der Waals surface area contributed by atoms with Crippen molar-refractivity contribution in [2.45, 2.75) is 79.7 Å². The molecule has 0 saturated carbocycles. The summed E-state index contributed by atoms with van der Waals surface area (Å²) in [5.41, 5.74) is 7.54. The van der Waals surface area contributed by atoms with E-state index >= 15 is 0 Å². The summed E-state index contributed by atoms with van der Waals surface area (Å²) in [5, 5.41) is 2.96. The van der Waals surface area contributed by atoms with E-state index in [0.717, 1.165) is 43.8 Å². The predicted octanol–water partition coefficient (Wildman–Crippen LogP) is 8.97. The number of nitrogens with one attached hydrogen (secondary N) is 1. The first-order valence-corrected chi connectivity index (χ1v) is 17.1. The van der Waals surface area contributed by atoms with Gasteiger partial charge in [-0.15, -0.1) is 0 Å². The molecule has 3 aromatic carbocycles. The van der Waals surface area contributed by atoms with Crippen molar-refractivity contribution in [1.29, 1.82) is 0 Å². The molecule has 0 spiro atoms. The fraction of sp³-hybridized carbons (Fsp3) is 0.375. The van der Waals surface area contributed by atoms with Crippen molar-refractivity contribution in [1.82, 2.24) is 4.90 Å². The van der Waals surface area contributed by atoms with E-state index in [1.165, 1.54) is 0 Å². The van der Waals surface area contributed by atoms with Crippen LogP contribution in [0, 0.1) is 24.7 Å². The van der Waals surface area contributed by atoms with Crippen LogP contribution in [0.4, 0.5) is 5.69 Å². The maximum atomic E-state index is 14.3. The van der Waals surface area contributed by atoms with Crippen LogP contribution in [-0.4, -0.2) is 29.0 Å². The average molecular weight is 696 g/mol. The molecule has 0 saturated heterocycles. The molecule has 1 aliphatic heterocycles. The summed E-state index contributed by atoms with van der Waals surface area (Å²) in [6.07, 6.45) is 2.22. The highest BCUT2D eigenvalue weighted by atomic mass is 79.9. The number of anilines is 1. The predicted molar refractivity (Wildman–Crippen MR) is 189 cm³/mol. The average Bonchev–Trinajstić information content (AvgIpc) is 2.98. The van der Waals surface area contributed by atoms with E-state index in [-0.39, 0.29) is 34.9 Å². The number of ether oxygens (including phenoxy) is 1. The van der Waals surface area contributed by atoms with Crippen molar-refractivity contribution >= 4 is 39.1 Å². The zero-order chi connectivity index (χ0) is 33.7. The molecule has 47 heavy (non-hydrogen) atoms. The van der Waals surface area contributed by atoms with E-state index in [2.05, 4.69) is 66.0 Å². The fourth-order valence-electron chi connectivity index (χ4n) is 7.48. The summed E-state index contributed by atoms with van der Waals surface area (Å²) < 4.78 is 7.07. The van der Waals surface area contributed by atoms with Gasteiger partial charge in [-0.05, 0) is 72.9 Å². The zero-order valence-corrected chi connectivity index (χ0v) is 29.7. The van der Waals surface area contributed by atoms with Crippen molar-refractivity contribution in [3.05, 3.63) is 116 Å². The molecule has 3 aromatic rings. The Hall–Kier alpha value is -3.97. The van der Waals surface area contributed by atoms with Crippen LogP contribution in [0.2, 0.25) is 0 Å². The number of rotatable bonds is 7. The van der Waals surface area contributed by atoms with E-state index < -0.39 is 5.92 Å². The van der Waals surface area contributed by atoms with Crippen LogP contribution in [-0.2, 0) is 20.9 Å². The minimum atomic E-state index is -0.589. The lowest BCUT2D eigenvalue weighted by atomic mass is 9.63. The molecular weight excluding hydrogens is 652 g/mol. The molecule has 0 fully saturated rings.